The van der Waals surface area contributed by atoms with Gasteiger partial charge in [-0.3, -0.25) is 30.4 Å². The van der Waals surface area contributed by atoms with Gasteiger partial charge in [0.25, 0.3) is 10.1 Å². The van der Waals surface area contributed by atoms with Crippen molar-refractivity contribution in [2.75, 3.05) is 10.9 Å². The van der Waals surface area contributed by atoms with Gasteiger partial charge >= 0.3 is 5.97 Å². The van der Waals surface area contributed by atoms with Gasteiger partial charge in [0.05, 0.1) is 39.0 Å². The number of carbonyl (C=O) groups excluding carboxylic acids is 2. The number of nitrogens with one attached hydrogen (secondary N) is 4. The van der Waals surface area contributed by atoms with Crippen LogP contribution >= 0.6 is 0 Å². The van der Waals surface area contributed by atoms with Crippen molar-refractivity contribution in [2.24, 2.45) is 5.10 Å². The van der Waals surface area contributed by atoms with Crippen LogP contribution in [0.3, 0.4) is 0 Å². The highest BCUT2D eigenvalue weighted by Crippen LogP contribution is 2.30. The third kappa shape index (κ3) is 5.91. The minimum absolute atomic E-state index is 0.00788. The van der Waals surface area contributed by atoms with Crippen molar-refractivity contribution in [3.8, 4) is 11.1 Å². The van der Waals surface area contributed by atoms with E-state index < -0.39 is 32.6 Å². The fourth-order valence-electron chi connectivity index (χ4n) is 4.18. The molecule has 42 heavy (non-hydrogen) atoms. The minimum Gasteiger partial charge on any atom is -0.478 e. The molecule has 0 spiro atoms. The second-order valence-electron chi connectivity index (χ2n) is 9.10. The zero-order chi connectivity index (χ0) is 30.0. The molecule has 0 aromatic heterocycles. The maximum absolute atomic E-state index is 12.6. The standard InChI is InChI=1S/C29H21N5O7S/c30-24-11-5-18-13-22(42(39,40)41)15-26(36)27(18)28(24)34-32-20-8-3-17(4-9-20)16-1-6-19(7-2-16)31-33-21-10-12-25(35)23(14-21)29(37)38/h1-15,30-32,34H,(H,37,38)(H,39,40,41)/b30-24?,33-21+. The van der Waals surface area contributed by atoms with Crippen molar-refractivity contribution in [1.82, 2.24) is 5.43 Å². The van der Waals surface area contributed by atoms with Crippen molar-refractivity contribution < 1.29 is 32.5 Å². The van der Waals surface area contributed by atoms with Gasteiger partial charge in [-0.15, -0.1) is 0 Å². The lowest BCUT2D eigenvalue weighted by atomic mass is 9.89. The minimum atomic E-state index is -4.56. The van der Waals surface area contributed by atoms with E-state index in [9.17, 15) is 27.4 Å². The van der Waals surface area contributed by atoms with Gasteiger partial charge in [-0.25, -0.2) is 4.79 Å². The number of carboxylic acids is 1. The van der Waals surface area contributed by atoms with E-state index >= 15 is 0 Å². The van der Waals surface area contributed by atoms with Crippen LogP contribution in [0.4, 0.5) is 11.4 Å². The summed E-state index contributed by atoms with van der Waals surface area (Å²) in [5.41, 5.74) is 12.2. The molecule has 3 aliphatic carbocycles. The smallest absolute Gasteiger partial charge is 0.339 e. The van der Waals surface area contributed by atoms with Gasteiger partial charge in [0.15, 0.2) is 11.6 Å². The fourth-order valence-corrected chi connectivity index (χ4v) is 4.71. The number of carbonyl (C=O) groups is 3. The Kier molecular flexibility index (Phi) is 7.35. The molecule has 2 aromatic rings. The van der Waals surface area contributed by atoms with Gasteiger partial charge in [0, 0.05) is 6.08 Å². The molecule has 3 aliphatic rings. The summed E-state index contributed by atoms with van der Waals surface area (Å²) in [7, 11) is -4.56. The van der Waals surface area contributed by atoms with E-state index in [2.05, 4.69) is 21.4 Å². The Bertz CT molecular complexity index is 1880. The number of aliphatic carboxylic acids is 1. The van der Waals surface area contributed by atoms with Gasteiger partial charge in [-0.05, 0) is 71.3 Å². The first-order chi connectivity index (χ1) is 20.0. The number of hydrazine groups is 1. The number of benzene rings is 2. The number of anilines is 2. The predicted molar refractivity (Wildman–Crippen MR) is 156 cm³/mol. The van der Waals surface area contributed by atoms with E-state index in [1.54, 1.807) is 24.3 Å². The van der Waals surface area contributed by atoms with Crippen LogP contribution in [-0.2, 0) is 24.5 Å². The Morgan fingerprint density at radius 2 is 1.43 bits per heavy atom. The maximum Gasteiger partial charge on any atom is 0.339 e. The van der Waals surface area contributed by atoms with E-state index in [4.69, 9.17) is 10.5 Å². The van der Waals surface area contributed by atoms with Crippen LogP contribution < -0.4 is 16.3 Å². The summed E-state index contributed by atoms with van der Waals surface area (Å²) < 4.78 is 32.3. The monoisotopic (exact) mass is 583 g/mol. The topological polar surface area (TPSA) is 198 Å². The van der Waals surface area contributed by atoms with Crippen molar-refractivity contribution >= 4 is 50.5 Å². The van der Waals surface area contributed by atoms with E-state index in [0.29, 0.717) is 17.1 Å². The van der Waals surface area contributed by atoms with Crippen LogP contribution in [0.25, 0.3) is 11.1 Å². The average Bonchev–Trinajstić information content (AvgIpc) is 2.96. The number of ketones is 2. The first-order valence-electron chi connectivity index (χ1n) is 12.2. The number of rotatable bonds is 8. The molecule has 2 aromatic carbocycles. The summed E-state index contributed by atoms with van der Waals surface area (Å²) in [6, 6.07) is 14.6. The largest absolute Gasteiger partial charge is 0.478 e. The molecule has 0 amide bonds. The molecule has 0 heterocycles. The number of hydrazone groups is 1. The third-order valence-electron chi connectivity index (χ3n) is 6.30. The molecule has 0 unspecified atom stereocenters. The number of carboxylic acid groups (broad SMARTS) is 1. The van der Waals surface area contributed by atoms with Crippen LogP contribution in [0.15, 0.2) is 123 Å². The number of hydrogen-bond donors (Lipinski definition) is 6. The van der Waals surface area contributed by atoms with Crippen LogP contribution in [0.1, 0.15) is 0 Å². The normalized spacial score (nSPS) is 17.4. The Balaban J connectivity index is 1.25. The molecule has 0 saturated carbocycles. The zero-order valence-corrected chi connectivity index (χ0v) is 22.3. The Morgan fingerprint density at radius 1 is 0.786 bits per heavy atom. The molecule has 0 bridgehead atoms. The summed E-state index contributed by atoms with van der Waals surface area (Å²) in [4.78, 5) is 34.9. The van der Waals surface area contributed by atoms with E-state index in [1.165, 1.54) is 30.4 Å². The molecular formula is C29H21N5O7S. The fraction of sp³-hybridized carbons (Fsp3) is 0. The molecule has 12 nitrogen and oxygen atoms in total. The SMILES string of the molecule is N=C1C=CC2=CC(S(=O)(=O)O)=CC(=O)C2=C1NNc1ccc(-c2ccc(N/N=C3\C=CC(=O)C(C(=O)O)=C3)cc2)cc1. The highest BCUT2D eigenvalue weighted by atomic mass is 32.2. The predicted octanol–water partition coefficient (Wildman–Crippen LogP) is 3.31. The average molecular weight is 584 g/mol. The van der Waals surface area contributed by atoms with Crippen molar-refractivity contribution in [3.05, 3.63) is 118 Å². The first kappa shape index (κ1) is 27.9. The summed E-state index contributed by atoms with van der Waals surface area (Å²) in [6.07, 6.45) is 8.59. The summed E-state index contributed by atoms with van der Waals surface area (Å²) in [5.74, 6) is -2.57. The summed E-state index contributed by atoms with van der Waals surface area (Å²) >= 11 is 0. The Labute approximate surface area is 239 Å². The van der Waals surface area contributed by atoms with Gasteiger partial charge in [-0.2, -0.15) is 13.5 Å². The second kappa shape index (κ2) is 11.1. The lowest BCUT2D eigenvalue weighted by Gasteiger charge is -2.22. The molecular weight excluding hydrogens is 562 g/mol. The number of fused-ring (bicyclic) bond motifs is 1. The van der Waals surface area contributed by atoms with Gasteiger partial charge in [0.1, 0.15) is 5.57 Å². The zero-order valence-electron chi connectivity index (χ0n) is 21.5. The van der Waals surface area contributed by atoms with E-state index in [0.717, 1.165) is 23.3 Å². The number of nitrogens with zero attached hydrogens (tertiary/aromatic N) is 1. The molecule has 6 N–H and O–H groups in total. The summed E-state index contributed by atoms with van der Waals surface area (Å²) in [5, 5.41) is 21.4. The van der Waals surface area contributed by atoms with Gasteiger partial charge in [-0.1, -0.05) is 30.3 Å². The number of allylic oxidation sites excluding steroid dienone is 9. The lowest BCUT2D eigenvalue weighted by Crippen LogP contribution is -2.31. The molecule has 0 fully saturated rings. The third-order valence-corrected chi connectivity index (χ3v) is 7.13. The highest BCUT2D eigenvalue weighted by molar-refractivity contribution is 7.90. The first-order valence-corrected chi connectivity index (χ1v) is 13.6. The Morgan fingerprint density at radius 3 is 2.05 bits per heavy atom. The van der Waals surface area contributed by atoms with Crippen LogP contribution in [-0.4, -0.2) is 47.0 Å². The Hall–Kier alpha value is -5.66. The van der Waals surface area contributed by atoms with Crippen LogP contribution in [0.5, 0.6) is 0 Å². The van der Waals surface area contributed by atoms with Gasteiger partial charge < -0.3 is 10.5 Å². The molecule has 5 rings (SSSR count). The van der Waals surface area contributed by atoms with Crippen molar-refractivity contribution in [3.63, 3.8) is 0 Å². The van der Waals surface area contributed by atoms with E-state index in [1.807, 2.05) is 24.3 Å². The molecule has 210 valence electrons. The molecule has 0 aliphatic heterocycles. The molecule has 0 atom stereocenters. The second-order valence-corrected chi connectivity index (χ2v) is 10.5. The number of hydrogen-bond acceptors (Lipinski definition) is 10. The molecule has 0 radical (unpaired) electrons. The van der Waals surface area contributed by atoms with Crippen LogP contribution in [0, 0.1) is 5.41 Å². The quantitative estimate of drug-likeness (QED) is 0.116. The van der Waals surface area contributed by atoms with Crippen molar-refractivity contribution in [1.29, 1.82) is 5.41 Å². The molecule has 13 heteroatoms. The van der Waals surface area contributed by atoms with Gasteiger partial charge in [0.2, 0.25) is 0 Å². The lowest BCUT2D eigenvalue weighted by molar-refractivity contribution is -0.134. The highest BCUT2D eigenvalue weighted by Gasteiger charge is 2.29. The van der Waals surface area contributed by atoms with Crippen molar-refractivity contribution in [2.45, 2.75) is 0 Å². The van der Waals surface area contributed by atoms with E-state index in [-0.39, 0.29) is 28.1 Å². The maximum atomic E-state index is 12.6. The summed E-state index contributed by atoms with van der Waals surface area (Å²) in [6.45, 7) is 0. The van der Waals surface area contributed by atoms with Crippen LogP contribution in [0.2, 0.25) is 0 Å². The molecule has 0 saturated heterocycles.